The molecular weight excluding hydrogens is 353 g/mol. The molecule has 0 fully saturated rings. The van der Waals surface area contributed by atoms with Gasteiger partial charge in [-0.3, -0.25) is 4.79 Å². The molecule has 0 spiro atoms. The average Bonchev–Trinajstić information content (AvgIpc) is 2.56. The number of esters is 1. The second kappa shape index (κ2) is 8.04. The highest BCUT2D eigenvalue weighted by Gasteiger charge is 2.22. The van der Waals surface area contributed by atoms with Crippen LogP contribution in [0.3, 0.4) is 0 Å². The Bertz CT molecular complexity index is 764. The van der Waals surface area contributed by atoms with Crippen molar-refractivity contribution in [2.24, 2.45) is 0 Å². The van der Waals surface area contributed by atoms with Crippen LogP contribution >= 0.6 is 23.2 Å². The smallest absolute Gasteiger partial charge is 0.342 e. The minimum Gasteiger partial charge on any atom is -0.496 e. The van der Waals surface area contributed by atoms with Crippen LogP contribution in [-0.4, -0.2) is 25.1 Å². The Morgan fingerprint density at radius 2 is 1.83 bits per heavy atom. The van der Waals surface area contributed by atoms with E-state index < -0.39 is 18.0 Å². The van der Waals surface area contributed by atoms with Gasteiger partial charge in [0.2, 0.25) is 0 Å². The van der Waals surface area contributed by atoms with Crippen LogP contribution in [0.2, 0.25) is 10.0 Å². The molecule has 1 N–H and O–H groups in total. The third kappa shape index (κ3) is 4.40. The van der Waals surface area contributed by atoms with Crippen molar-refractivity contribution in [3.8, 4) is 5.75 Å². The lowest BCUT2D eigenvalue weighted by Crippen LogP contribution is -2.30. The fourth-order valence-electron chi connectivity index (χ4n) is 1.91. The molecule has 126 valence electrons. The molecule has 24 heavy (non-hydrogen) atoms. The van der Waals surface area contributed by atoms with Crippen molar-refractivity contribution in [3.05, 3.63) is 58.1 Å². The van der Waals surface area contributed by atoms with Crippen molar-refractivity contribution in [1.29, 1.82) is 0 Å². The van der Waals surface area contributed by atoms with Crippen LogP contribution in [0.25, 0.3) is 0 Å². The second-order valence-electron chi connectivity index (χ2n) is 4.86. The third-order valence-corrected chi connectivity index (χ3v) is 3.73. The molecule has 0 aliphatic rings. The molecule has 0 aromatic heterocycles. The number of methoxy groups -OCH3 is 1. The summed E-state index contributed by atoms with van der Waals surface area (Å²) in [6.07, 6.45) is -1.03. The first kappa shape index (κ1) is 18.1. The lowest BCUT2D eigenvalue weighted by atomic mass is 10.2. The fraction of sp³-hybridized carbons (Fsp3) is 0.176. The van der Waals surface area contributed by atoms with Crippen molar-refractivity contribution in [1.82, 2.24) is 0 Å². The molecule has 0 radical (unpaired) electrons. The molecule has 1 atom stereocenters. The normalized spacial score (nSPS) is 11.5. The zero-order valence-electron chi connectivity index (χ0n) is 13.0. The molecule has 0 aliphatic carbocycles. The van der Waals surface area contributed by atoms with Gasteiger partial charge < -0.3 is 14.8 Å². The van der Waals surface area contributed by atoms with Crippen LogP contribution in [-0.2, 0) is 9.53 Å². The molecule has 2 aromatic rings. The van der Waals surface area contributed by atoms with Gasteiger partial charge in [0, 0.05) is 5.02 Å². The van der Waals surface area contributed by atoms with Gasteiger partial charge in [-0.25, -0.2) is 4.79 Å². The van der Waals surface area contributed by atoms with Gasteiger partial charge in [0.25, 0.3) is 5.91 Å². The van der Waals surface area contributed by atoms with Crippen molar-refractivity contribution >= 4 is 40.8 Å². The molecule has 0 aliphatic heterocycles. The van der Waals surface area contributed by atoms with Crippen LogP contribution in [0.4, 0.5) is 5.69 Å². The SMILES string of the molecule is COc1ccc(Cl)cc1C(=O)O[C@H](C)C(=O)Nc1ccccc1Cl. The molecule has 7 heteroatoms. The number of hydrogen-bond acceptors (Lipinski definition) is 4. The van der Waals surface area contributed by atoms with E-state index in [1.165, 1.54) is 20.1 Å². The minimum atomic E-state index is -1.03. The number of ether oxygens (including phenoxy) is 2. The molecule has 1 amide bonds. The first-order valence-electron chi connectivity index (χ1n) is 7.02. The Morgan fingerprint density at radius 3 is 2.50 bits per heavy atom. The van der Waals surface area contributed by atoms with Gasteiger partial charge in [0.1, 0.15) is 11.3 Å². The number of nitrogens with one attached hydrogen (secondary N) is 1. The van der Waals surface area contributed by atoms with E-state index in [2.05, 4.69) is 5.32 Å². The predicted octanol–water partition coefficient (Wildman–Crippen LogP) is 4.19. The molecule has 5 nitrogen and oxygen atoms in total. The quantitative estimate of drug-likeness (QED) is 0.804. The number of carbonyl (C=O) groups excluding carboxylic acids is 2. The lowest BCUT2D eigenvalue weighted by molar-refractivity contribution is -0.123. The van der Waals surface area contributed by atoms with E-state index in [0.717, 1.165) is 0 Å². The number of rotatable bonds is 5. The van der Waals surface area contributed by atoms with E-state index in [1.807, 2.05) is 0 Å². The Morgan fingerprint density at radius 1 is 1.12 bits per heavy atom. The number of halogens is 2. The van der Waals surface area contributed by atoms with Gasteiger partial charge in [0.05, 0.1) is 17.8 Å². The molecule has 0 saturated carbocycles. The van der Waals surface area contributed by atoms with Gasteiger partial charge in [0.15, 0.2) is 6.10 Å². The van der Waals surface area contributed by atoms with Crippen LogP contribution in [0, 0.1) is 0 Å². The summed E-state index contributed by atoms with van der Waals surface area (Å²) in [5.41, 5.74) is 0.579. The van der Waals surface area contributed by atoms with Gasteiger partial charge in [-0.2, -0.15) is 0 Å². The van der Waals surface area contributed by atoms with E-state index in [9.17, 15) is 9.59 Å². The van der Waals surface area contributed by atoms with Crippen LogP contribution < -0.4 is 10.1 Å². The summed E-state index contributed by atoms with van der Waals surface area (Å²) in [5, 5.41) is 3.35. The number of para-hydroxylation sites is 1. The van der Waals surface area contributed by atoms with Crippen LogP contribution in [0.15, 0.2) is 42.5 Å². The zero-order chi connectivity index (χ0) is 17.7. The first-order valence-corrected chi connectivity index (χ1v) is 7.78. The van der Waals surface area contributed by atoms with E-state index in [0.29, 0.717) is 21.5 Å². The maximum absolute atomic E-state index is 12.2. The van der Waals surface area contributed by atoms with Crippen LogP contribution in [0.1, 0.15) is 17.3 Å². The molecule has 0 bridgehead atoms. The molecular formula is C17H15Cl2NO4. The summed E-state index contributed by atoms with van der Waals surface area (Å²) in [4.78, 5) is 24.4. The Hall–Kier alpha value is -2.24. The van der Waals surface area contributed by atoms with Crippen molar-refractivity contribution < 1.29 is 19.1 Å². The highest BCUT2D eigenvalue weighted by Crippen LogP contribution is 2.24. The Kier molecular flexibility index (Phi) is 6.06. The molecule has 0 saturated heterocycles. The largest absolute Gasteiger partial charge is 0.496 e. The maximum atomic E-state index is 12.2. The van der Waals surface area contributed by atoms with E-state index in [4.69, 9.17) is 32.7 Å². The number of hydrogen-bond donors (Lipinski definition) is 1. The third-order valence-electron chi connectivity index (χ3n) is 3.17. The van der Waals surface area contributed by atoms with Crippen molar-refractivity contribution in [3.63, 3.8) is 0 Å². The summed E-state index contributed by atoms with van der Waals surface area (Å²) in [7, 11) is 1.42. The maximum Gasteiger partial charge on any atom is 0.342 e. The zero-order valence-corrected chi connectivity index (χ0v) is 14.5. The first-order chi connectivity index (χ1) is 11.4. The van der Waals surface area contributed by atoms with Gasteiger partial charge in [-0.1, -0.05) is 35.3 Å². The average molecular weight is 368 g/mol. The number of carbonyl (C=O) groups is 2. The molecule has 2 aromatic carbocycles. The summed E-state index contributed by atoms with van der Waals surface area (Å²) in [6, 6.07) is 11.3. The minimum absolute atomic E-state index is 0.141. The van der Waals surface area contributed by atoms with E-state index in [-0.39, 0.29) is 5.56 Å². The topological polar surface area (TPSA) is 64.6 Å². The molecule has 2 rings (SSSR count). The Balaban J connectivity index is 2.07. The summed E-state index contributed by atoms with van der Waals surface area (Å²) in [5.74, 6) is -0.906. The monoisotopic (exact) mass is 367 g/mol. The highest BCUT2D eigenvalue weighted by molar-refractivity contribution is 6.33. The van der Waals surface area contributed by atoms with E-state index >= 15 is 0 Å². The summed E-state index contributed by atoms with van der Waals surface area (Å²) >= 11 is 11.9. The predicted molar refractivity (Wildman–Crippen MR) is 93.0 cm³/mol. The fourth-order valence-corrected chi connectivity index (χ4v) is 2.27. The van der Waals surface area contributed by atoms with Crippen LogP contribution in [0.5, 0.6) is 5.75 Å². The van der Waals surface area contributed by atoms with Crippen molar-refractivity contribution in [2.75, 3.05) is 12.4 Å². The van der Waals surface area contributed by atoms with Gasteiger partial charge in [-0.05, 0) is 37.3 Å². The second-order valence-corrected chi connectivity index (χ2v) is 5.70. The Labute approximate surface area is 149 Å². The standard InChI is InChI=1S/C17H15Cl2NO4/c1-10(16(21)20-14-6-4-3-5-13(14)19)24-17(22)12-9-11(18)7-8-15(12)23-2/h3-10H,1-2H3,(H,20,21)/t10-/m1/s1. The number of amides is 1. The molecule has 0 heterocycles. The number of benzene rings is 2. The molecule has 0 unspecified atom stereocenters. The van der Waals surface area contributed by atoms with Gasteiger partial charge >= 0.3 is 5.97 Å². The van der Waals surface area contributed by atoms with Gasteiger partial charge in [-0.15, -0.1) is 0 Å². The number of anilines is 1. The summed E-state index contributed by atoms with van der Waals surface area (Å²) < 4.78 is 10.3. The van der Waals surface area contributed by atoms with Crippen molar-refractivity contribution in [2.45, 2.75) is 13.0 Å². The van der Waals surface area contributed by atoms with E-state index in [1.54, 1.807) is 36.4 Å². The summed E-state index contributed by atoms with van der Waals surface area (Å²) in [6.45, 7) is 1.46. The lowest BCUT2D eigenvalue weighted by Gasteiger charge is -2.15. The highest BCUT2D eigenvalue weighted by atomic mass is 35.5.